The topological polar surface area (TPSA) is 6.48 Å². The van der Waals surface area contributed by atoms with Crippen molar-refractivity contribution in [2.45, 2.75) is 78.4 Å². The number of fused-ring (bicyclic) bond motifs is 1. The van der Waals surface area contributed by atoms with Gasteiger partial charge in [0.2, 0.25) is 0 Å². The molecule has 0 aliphatic carbocycles. The standard InChI is InChI=1S/C16H32N2/c1-13(2)18-10-8-9-15(6)11-17(14(3,4)5)12-16(15,18)7/h13H,8-12H2,1-7H3/t15-,16+/m1/s1. The summed E-state index contributed by atoms with van der Waals surface area (Å²) in [6.45, 7) is 20.6. The average molecular weight is 252 g/mol. The molecular formula is C16H32N2. The zero-order chi connectivity index (χ0) is 13.8. The second kappa shape index (κ2) is 4.21. The van der Waals surface area contributed by atoms with Crippen molar-refractivity contribution < 1.29 is 0 Å². The summed E-state index contributed by atoms with van der Waals surface area (Å²) >= 11 is 0. The molecule has 18 heavy (non-hydrogen) atoms. The van der Waals surface area contributed by atoms with Gasteiger partial charge >= 0.3 is 0 Å². The Hall–Kier alpha value is -0.0800. The Balaban J connectivity index is 2.32. The maximum absolute atomic E-state index is 2.77. The maximum Gasteiger partial charge on any atom is 0.0376 e. The molecule has 106 valence electrons. The Bertz CT molecular complexity index is 318. The van der Waals surface area contributed by atoms with Gasteiger partial charge in [-0.25, -0.2) is 0 Å². The molecule has 2 heterocycles. The van der Waals surface area contributed by atoms with E-state index in [0.717, 1.165) is 0 Å². The van der Waals surface area contributed by atoms with Crippen LogP contribution in [0.3, 0.4) is 0 Å². The molecule has 0 bridgehead atoms. The molecule has 2 aliphatic heterocycles. The molecule has 0 unspecified atom stereocenters. The molecule has 0 N–H and O–H groups in total. The van der Waals surface area contributed by atoms with E-state index in [4.69, 9.17) is 0 Å². The van der Waals surface area contributed by atoms with Crippen molar-refractivity contribution >= 4 is 0 Å². The Kier molecular flexibility index (Phi) is 3.35. The largest absolute Gasteiger partial charge is 0.296 e. The van der Waals surface area contributed by atoms with Gasteiger partial charge in [0.25, 0.3) is 0 Å². The highest BCUT2D eigenvalue weighted by atomic mass is 15.3. The SMILES string of the molecule is CC(C)N1CCC[C@]2(C)CN(C(C)(C)C)C[C@]12C. The number of hydrogen-bond donors (Lipinski definition) is 0. The van der Waals surface area contributed by atoms with Crippen LogP contribution >= 0.6 is 0 Å². The van der Waals surface area contributed by atoms with E-state index in [9.17, 15) is 0 Å². The van der Waals surface area contributed by atoms with E-state index < -0.39 is 0 Å². The highest BCUT2D eigenvalue weighted by Crippen LogP contribution is 2.51. The van der Waals surface area contributed by atoms with Crippen molar-refractivity contribution in [2.75, 3.05) is 19.6 Å². The maximum atomic E-state index is 2.77. The van der Waals surface area contributed by atoms with E-state index in [2.05, 4.69) is 58.3 Å². The van der Waals surface area contributed by atoms with E-state index in [0.29, 0.717) is 22.5 Å². The third-order valence-electron chi connectivity index (χ3n) is 5.67. The van der Waals surface area contributed by atoms with E-state index in [1.807, 2.05) is 0 Å². The molecule has 0 aromatic carbocycles. The molecule has 0 saturated carbocycles. The Morgan fingerprint density at radius 2 is 1.67 bits per heavy atom. The minimum Gasteiger partial charge on any atom is -0.296 e. The van der Waals surface area contributed by atoms with E-state index in [1.54, 1.807) is 0 Å². The van der Waals surface area contributed by atoms with Crippen LogP contribution in [0.25, 0.3) is 0 Å². The van der Waals surface area contributed by atoms with Crippen molar-refractivity contribution in [3.8, 4) is 0 Å². The molecule has 0 aromatic heterocycles. The van der Waals surface area contributed by atoms with Gasteiger partial charge in [-0.2, -0.15) is 0 Å². The van der Waals surface area contributed by atoms with Crippen LogP contribution in [-0.2, 0) is 0 Å². The lowest BCUT2D eigenvalue weighted by Gasteiger charge is -2.54. The molecular weight excluding hydrogens is 220 g/mol. The second-order valence-electron chi connectivity index (χ2n) is 8.25. The summed E-state index contributed by atoms with van der Waals surface area (Å²) in [5, 5.41) is 0. The fraction of sp³-hybridized carbons (Fsp3) is 1.00. The van der Waals surface area contributed by atoms with Gasteiger partial charge in [-0.3, -0.25) is 9.80 Å². The zero-order valence-corrected chi connectivity index (χ0v) is 13.5. The minimum absolute atomic E-state index is 0.298. The first-order valence-corrected chi connectivity index (χ1v) is 7.62. The van der Waals surface area contributed by atoms with Gasteiger partial charge in [0.15, 0.2) is 0 Å². The molecule has 2 rings (SSSR count). The molecule has 0 aromatic rings. The van der Waals surface area contributed by atoms with Crippen LogP contribution in [0, 0.1) is 5.41 Å². The minimum atomic E-state index is 0.298. The van der Waals surface area contributed by atoms with Gasteiger partial charge < -0.3 is 0 Å². The van der Waals surface area contributed by atoms with Crippen LogP contribution < -0.4 is 0 Å². The number of rotatable bonds is 1. The van der Waals surface area contributed by atoms with Crippen molar-refractivity contribution in [1.29, 1.82) is 0 Å². The highest BCUT2D eigenvalue weighted by molar-refractivity contribution is 5.13. The third kappa shape index (κ3) is 2.02. The third-order valence-corrected chi connectivity index (χ3v) is 5.67. The molecule has 2 aliphatic rings. The normalized spacial score (nSPS) is 39.3. The zero-order valence-electron chi connectivity index (χ0n) is 13.5. The Morgan fingerprint density at radius 1 is 1.06 bits per heavy atom. The quantitative estimate of drug-likeness (QED) is 0.706. The summed E-state index contributed by atoms with van der Waals surface area (Å²) in [5.41, 5.74) is 1.11. The van der Waals surface area contributed by atoms with Gasteiger partial charge in [0.1, 0.15) is 0 Å². The summed E-state index contributed by atoms with van der Waals surface area (Å²) < 4.78 is 0. The average Bonchev–Trinajstić information content (AvgIpc) is 2.48. The summed E-state index contributed by atoms with van der Waals surface area (Å²) in [7, 11) is 0. The number of likely N-dealkylation sites (tertiary alicyclic amines) is 2. The molecule has 2 atom stereocenters. The molecule has 0 radical (unpaired) electrons. The van der Waals surface area contributed by atoms with Crippen LogP contribution in [0.5, 0.6) is 0 Å². The van der Waals surface area contributed by atoms with Crippen LogP contribution in [0.4, 0.5) is 0 Å². The van der Waals surface area contributed by atoms with Crippen LogP contribution in [0.2, 0.25) is 0 Å². The Morgan fingerprint density at radius 3 is 2.17 bits per heavy atom. The molecule has 0 spiro atoms. The van der Waals surface area contributed by atoms with Gasteiger partial charge in [-0.15, -0.1) is 0 Å². The lowest BCUT2D eigenvalue weighted by Crippen LogP contribution is -2.62. The predicted octanol–water partition coefficient (Wildman–Crippen LogP) is 3.37. The lowest BCUT2D eigenvalue weighted by molar-refractivity contribution is -0.0368. The van der Waals surface area contributed by atoms with Gasteiger partial charge in [-0.1, -0.05) is 6.92 Å². The fourth-order valence-electron chi connectivity index (χ4n) is 4.18. The predicted molar refractivity (Wildman–Crippen MR) is 78.9 cm³/mol. The Labute approximate surface area is 114 Å². The van der Waals surface area contributed by atoms with Gasteiger partial charge in [0, 0.05) is 30.2 Å². The first-order chi connectivity index (χ1) is 8.10. The van der Waals surface area contributed by atoms with E-state index in [1.165, 1.54) is 32.5 Å². The molecule has 2 saturated heterocycles. The number of piperidine rings is 1. The second-order valence-corrected chi connectivity index (χ2v) is 8.25. The highest BCUT2D eigenvalue weighted by Gasteiger charge is 2.58. The van der Waals surface area contributed by atoms with Crippen LogP contribution in [0.15, 0.2) is 0 Å². The summed E-state index contributed by atoms with van der Waals surface area (Å²) in [4.78, 5) is 5.47. The van der Waals surface area contributed by atoms with Crippen molar-refractivity contribution in [3.05, 3.63) is 0 Å². The van der Waals surface area contributed by atoms with Crippen molar-refractivity contribution in [2.24, 2.45) is 5.41 Å². The van der Waals surface area contributed by atoms with Gasteiger partial charge in [0.05, 0.1) is 0 Å². The molecule has 2 nitrogen and oxygen atoms in total. The summed E-state index contributed by atoms with van der Waals surface area (Å²) in [6.07, 6.45) is 2.75. The van der Waals surface area contributed by atoms with Crippen molar-refractivity contribution in [1.82, 2.24) is 9.80 Å². The fourth-order valence-corrected chi connectivity index (χ4v) is 4.18. The summed E-state index contributed by atoms with van der Waals surface area (Å²) in [6, 6.07) is 0.662. The molecule has 2 heteroatoms. The monoisotopic (exact) mass is 252 g/mol. The number of hydrogen-bond acceptors (Lipinski definition) is 2. The first-order valence-electron chi connectivity index (χ1n) is 7.62. The van der Waals surface area contributed by atoms with Crippen LogP contribution in [0.1, 0.15) is 61.3 Å². The molecule has 0 amide bonds. The van der Waals surface area contributed by atoms with Gasteiger partial charge in [-0.05, 0) is 66.3 Å². The first kappa shape index (κ1) is 14.3. The molecule has 2 fully saturated rings. The van der Waals surface area contributed by atoms with Crippen LogP contribution in [-0.4, -0.2) is 46.6 Å². The van der Waals surface area contributed by atoms with E-state index in [-0.39, 0.29) is 0 Å². The number of nitrogens with zero attached hydrogens (tertiary/aromatic N) is 2. The van der Waals surface area contributed by atoms with E-state index >= 15 is 0 Å². The van der Waals surface area contributed by atoms with Crippen molar-refractivity contribution in [3.63, 3.8) is 0 Å². The smallest absolute Gasteiger partial charge is 0.0376 e. The lowest BCUT2D eigenvalue weighted by atomic mass is 9.67. The summed E-state index contributed by atoms with van der Waals surface area (Å²) in [5.74, 6) is 0.